The topological polar surface area (TPSA) is 72.8 Å². The Morgan fingerprint density at radius 3 is 2.84 bits per heavy atom. The summed E-state index contributed by atoms with van der Waals surface area (Å²) in [7, 11) is 0. The second-order valence-corrected chi connectivity index (χ2v) is 6.83. The average Bonchev–Trinajstić information content (AvgIpc) is 2.80. The lowest BCUT2D eigenvalue weighted by Gasteiger charge is -2.21. The molecule has 0 amide bonds. The van der Waals surface area contributed by atoms with E-state index >= 15 is 0 Å². The normalized spacial score (nSPS) is 27.6. The first kappa shape index (κ1) is 19.2. The number of aliphatic hydroxyl groups is 1. The van der Waals surface area contributed by atoms with Gasteiger partial charge in [0.1, 0.15) is 11.9 Å². The van der Waals surface area contributed by atoms with Crippen molar-refractivity contribution in [2.75, 3.05) is 6.61 Å². The fourth-order valence-corrected chi connectivity index (χ4v) is 3.05. The molecule has 0 spiro atoms. The van der Waals surface area contributed by atoms with Gasteiger partial charge in [-0.25, -0.2) is 4.79 Å². The molecular formula is C20H26O5. The summed E-state index contributed by atoms with van der Waals surface area (Å²) in [4.78, 5) is 24.3. The Bertz CT molecular complexity index is 666. The van der Waals surface area contributed by atoms with Gasteiger partial charge in [-0.2, -0.15) is 0 Å². The highest BCUT2D eigenvalue weighted by Crippen LogP contribution is 2.37. The Labute approximate surface area is 148 Å². The Morgan fingerprint density at radius 1 is 1.44 bits per heavy atom. The molecule has 25 heavy (non-hydrogen) atoms. The standard InChI is InChI=1S/C20H26O5/c1-12-6-5-7-13(2)9-17-19(15(4)20(23)25-17)16(8-12)24-18(22)10-14(3)11-21/h6,8-10,15,17,19,21H,5,7,11H2,1-4H3. The fraction of sp³-hybridized carbons (Fsp3) is 0.500. The van der Waals surface area contributed by atoms with E-state index in [4.69, 9.17) is 14.6 Å². The van der Waals surface area contributed by atoms with E-state index in [-0.39, 0.29) is 18.5 Å². The monoisotopic (exact) mass is 346 g/mol. The Hall–Kier alpha value is -2.14. The van der Waals surface area contributed by atoms with E-state index in [0.717, 1.165) is 24.0 Å². The van der Waals surface area contributed by atoms with Crippen LogP contribution >= 0.6 is 0 Å². The molecular weight excluding hydrogens is 320 g/mol. The van der Waals surface area contributed by atoms with Crippen molar-refractivity contribution in [2.24, 2.45) is 11.8 Å². The Kier molecular flexibility index (Phi) is 6.37. The van der Waals surface area contributed by atoms with Crippen molar-refractivity contribution in [3.05, 3.63) is 46.8 Å². The van der Waals surface area contributed by atoms with Crippen LogP contribution in [0.5, 0.6) is 0 Å². The van der Waals surface area contributed by atoms with Crippen LogP contribution in [-0.2, 0) is 19.1 Å². The molecule has 2 rings (SSSR count). The summed E-state index contributed by atoms with van der Waals surface area (Å²) in [5, 5.41) is 9.07. The maximum Gasteiger partial charge on any atom is 0.335 e. The SMILES string of the molecule is CC1=CCCC(C)=CC2OC(=O)C(C)C2C(OC(=O)C=C(C)CO)=C1. The molecule has 1 aliphatic carbocycles. The number of carbonyl (C=O) groups is 2. The van der Waals surface area contributed by atoms with Gasteiger partial charge in [-0.3, -0.25) is 4.79 Å². The number of rotatable bonds is 3. The van der Waals surface area contributed by atoms with Crippen LogP contribution in [0.25, 0.3) is 0 Å². The van der Waals surface area contributed by atoms with Gasteiger partial charge in [0.15, 0.2) is 0 Å². The molecule has 5 nitrogen and oxygen atoms in total. The highest BCUT2D eigenvalue weighted by Gasteiger charge is 2.44. The number of hydrogen-bond acceptors (Lipinski definition) is 5. The van der Waals surface area contributed by atoms with Crippen LogP contribution in [0.2, 0.25) is 0 Å². The number of esters is 2. The zero-order valence-corrected chi connectivity index (χ0v) is 15.2. The minimum absolute atomic E-state index is 0.209. The van der Waals surface area contributed by atoms with E-state index < -0.39 is 18.0 Å². The summed E-state index contributed by atoms with van der Waals surface area (Å²) >= 11 is 0. The van der Waals surface area contributed by atoms with Crippen LogP contribution in [0.3, 0.4) is 0 Å². The van der Waals surface area contributed by atoms with E-state index in [9.17, 15) is 9.59 Å². The summed E-state index contributed by atoms with van der Waals surface area (Å²) in [5.41, 5.74) is 2.63. The van der Waals surface area contributed by atoms with Crippen molar-refractivity contribution in [1.82, 2.24) is 0 Å². The highest BCUT2D eigenvalue weighted by atomic mass is 16.6. The lowest BCUT2D eigenvalue weighted by molar-refractivity contribution is -0.142. The van der Waals surface area contributed by atoms with Crippen LogP contribution in [0.1, 0.15) is 40.5 Å². The van der Waals surface area contributed by atoms with Crippen LogP contribution in [0.4, 0.5) is 0 Å². The van der Waals surface area contributed by atoms with Crippen molar-refractivity contribution in [3.8, 4) is 0 Å². The van der Waals surface area contributed by atoms with E-state index in [0.29, 0.717) is 11.3 Å². The van der Waals surface area contributed by atoms with Gasteiger partial charge in [0.05, 0.1) is 18.4 Å². The summed E-state index contributed by atoms with van der Waals surface area (Å²) < 4.78 is 11.1. The molecule has 5 heteroatoms. The number of aliphatic hydroxyl groups excluding tert-OH is 1. The van der Waals surface area contributed by atoms with Crippen molar-refractivity contribution in [3.63, 3.8) is 0 Å². The molecule has 1 heterocycles. The second kappa shape index (κ2) is 8.30. The van der Waals surface area contributed by atoms with Gasteiger partial charge >= 0.3 is 11.9 Å². The van der Waals surface area contributed by atoms with Gasteiger partial charge in [0, 0.05) is 6.08 Å². The molecule has 3 unspecified atom stereocenters. The maximum absolute atomic E-state index is 12.2. The van der Waals surface area contributed by atoms with Crippen LogP contribution in [0, 0.1) is 11.8 Å². The third-order valence-electron chi connectivity index (χ3n) is 4.50. The van der Waals surface area contributed by atoms with Crippen molar-refractivity contribution in [1.29, 1.82) is 0 Å². The van der Waals surface area contributed by atoms with Crippen LogP contribution in [-0.4, -0.2) is 29.8 Å². The van der Waals surface area contributed by atoms with Gasteiger partial charge in [0.25, 0.3) is 0 Å². The third-order valence-corrected chi connectivity index (χ3v) is 4.50. The third kappa shape index (κ3) is 4.92. The molecule has 0 aromatic carbocycles. The average molecular weight is 346 g/mol. The summed E-state index contributed by atoms with van der Waals surface area (Å²) in [5.74, 6) is -1.17. The number of ether oxygens (including phenoxy) is 2. The fourth-order valence-electron chi connectivity index (χ4n) is 3.05. The maximum atomic E-state index is 12.2. The van der Waals surface area contributed by atoms with E-state index in [1.165, 1.54) is 6.08 Å². The first-order valence-corrected chi connectivity index (χ1v) is 8.57. The molecule has 2 aliphatic rings. The molecule has 0 aromatic heterocycles. The summed E-state index contributed by atoms with van der Waals surface area (Å²) in [6.07, 6.45) is 8.45. The molecule has 0 bridgehead atoms. The number of allylic oxidation sites excluding steroid dienone is 4. The van der Waals surface area contributed by atoms with Crippen molar-refractivity contribution in [2.45, 2.75) is 46.6 Å². The second-order valence-electron chi connectivity index (χ2n) is 6.83. The molecule has 1 N–H and O–H groups in total. The number of fused-ring (bicyclic) bond motifs is 1. The predicted octanol–water partition coefficient (Wildman–Crippen LogP) is 3.22. The van der Waals surface area contributed by atoms with E-state index in [2.05, 4.69) is 6.08 Å². The molecule has 1 saturated heterocycles. The first-order valence-electron chi connectivity index (χ1n) is 8.57. The Balaban J connectivity index is 2.41. The quantitative estimate of drug-likeness (QED) is 0.482. The summed E-state index contributed by atoms with van der Waals surface area (Å²) in [6, 6.07) is 0. The van der Waals surface area contributed by atoms with E-state index in [1.54, 1.807) is 13.8 Å². The van der Waals surface area contributed by atoms with Gasteiger partial charge < -0.3 is 14.6 Å². The highest BCUT2D eigenvalue weighted by molar-refractivity contribution is 5.84. The molecule has 0 aromatic rings. The predicted molar refractivity (Wildman–Crippen MR) is 94.3 cm³/mol. The minimum Gasteiger partial charge on any atom is -0.457 e. The smallest absolute Gasteiger partial charge is 0.335 e. The Morgan fingerprint density at radius 2 is 2.16 bits per heavy atom. The zero-order chi connectivity index (χ0) is 18.6. The molecule has 136 valence electrons. The zero-order valence-electron chi connectivity index (χ0n) is 15.2. The van der Waals surface area contributed by atoms with Gasteiger partial charge in [-0.05, 0) is 51.3 Å². The van der Waals surface area contributed by atoms with Crippen molar-refractivity contribution >= 4 is 11.9 Å². The number of carbonyl (C=O) groups excluding carboxylic acids is 2. The number of hydrogen-bond donors (Lipinski definition) is 1. The lowest BCUT2D eigenvalue weighted by atomic mass is 9.87. The largest absolute Gasteiger partial charge is 0.457 e. The first-order chi connectivity index (χ1) is 11.8. The molecule has 0 saturated carbocycles. The molecule has 1 aliphatic heterocycles. The summed E-state index contributed by atoms with van der Waals surface area (Å²) in [6.45, 7) is 7.19. The molecule has 3 atom stereocenters. The van der Waals surface area contributed by atoms with Gasteiger partial charge in [-0.1, -0.05) is 24.1 Å². The minimum atomic E-state index is -0.561. The van der Waals surface area contributed by atoms with Crippen molar-refractivity contribution < 1.29 is 24.2 Å². The van der Waals surface area contributed by atoms with Gasteiger partial charge in [-0.15, -0.1) is 0 Å². The van der Waals surface area contributed by atoms with E-state index in [1.807, 2.05) is 26.0 Å². The van der Waals surface area contributed by atoms with Crippen LogP contribution < -0.4 is 0 Å². The molecule has 1 fully saturated rings. The molecule has 0 radical (unpaired) electrons. The van der Waals surface area contributed by atoms with Gasteiger partial charge in [0.2, 0.25) is 0 Å². The lowest BCUT2D eigenvalue weighted by Crippen LogP contribution is -2.24. The van der Waals surface area contributed by atoms with Crippen LogP contribution in [0.15, 0.2) is 46.8 Å².